The molecule has 0 amide bonds. The maximum absolute atomic E-state index is 11.6. The molecule has 0 unspecified atom stereocenters. The fourth-order valence-electron chi connectivity index (χ4n) is 1.65. The minimum atomic E-state index is -2.05. The molecule has 0 aliphatic rings. The van der Waals surface area contributed by atoms with Crippen molar-refractivity contribution in [1.82, 2.24) is 4.98 Å². The summed E-state index contributed by atoms with van der Waals surface area (Å²) < 4.78 is 1.40. The van der Waals surface area contributed by atoms with Crippen LogP contribution in [0.2, 0.25) is 14.8 Å². The number of aromatic amines is 1. The zero-order valence-corrected chi connectivity index (χ0v) is 12.1. The predicted molar refractivity (Wildman–Crippen MR) is 67.5 cm³/mol. The summed E-state index contributed by atoms with van der Waals surface area (Å²) >= 11 is -2.05. The molecule has 0 fully saturated rings. The van der Waals surface area contributed by atoms with E-state index in [0.29, 0.717) is 0 Å². The number of pyridine rings is 1. The van der Waals surface area contributed by atoms with Crippen LogP contribution in [0, 0.1) is 0 Å². The molecular formula is C12H15NOSn. The normalized spacial score (nSPS) is 11.9. The van der Waals surface area contributed by atoms with E-state index in [4.69, 9.17) is 0 Å². The fraction of sp³-hybridized carbons (Fsp3) is 0.250. The Morgan fingerprint density at radius 3 is 2.53 bits per heavy atom. The van der Waals surface area contributed by atoms with Gasteiger partial charge in [-0.25, -0.2) is 0 Å². The second-order valence-electron chi connectivity index (χ2n) is 4.86. The van der Waals surface area contributed by atoms with Gasteiger partial charge < -0.3 is 0 Å². The molecule has 0 aliphatic heterocycles. The second kappa shape index (κ2) is 3.67. The number of nitrogens with one attached hydrogen (secondary N) is 1. The zero-order chi connectivity index (χ0) is 11.1. The Bertz CT molecular complexity index is 551. The monoisotopic (exact) mass is 309 g/mol. The Hall–Kier alpha value is -0.771. The van der Waals surface area contributed by atoms with Gasteiger partial charge in [0, 0.05) is 0 Å². The van der Waals surface area contributed by atoms with Crippen molar-refractivity contribution in [1.29, 1.82) is 0 Å². The molecule has 1 aromatic carbocycles. The van der Waals surface area contributed by atoms with Gasteiger partial charge in [-0.05, 0) is 0 Å². The summed E-state index contributed by atoms with van der Waals surface area (Å²) in [7, 11) is 0. The molecule has 1 heterocycles. The maximum atomic E-state index is 11.6. The van der Waals surface area contributed by atoms with Gasteiger partial charge in [0.2, 0.25) is 0 Å². The summed E-state index contributed by atoms with van der Waals surface area (Å²) in [5, 5.41) is 1.85. The number of benzene rings is 1. The van der Waals surface area contributed by atoms with Gasteiger partial charge in [-0.2, -0.15) is 0 Å². The third kappa shape index (κ3) is 2.09. The van der Waals surface area contributed by atoms with Crippen LogP contribution in [0.5, 0.6) is 0 Å². The molecule has 0 spiro atoms. The fourth-order valence-corrected chi connectivity index (χ4v) is 4.96. The molecule has 15 heavy (non-hydrogen) atoms. The van der Waals surface area contributed by atoms with E-state index in [-0.39, 0.29) is 5.56 Å². The Balaban J connectivity index is 2.76. The predicted octanol–water partition coefficient (Wildman–Crippen LogP) is 2.07. The molecule has 0 aliphatic carbocycles. The average molecular weight is 308 g/mol. The molecule has 3 heteroatoms. The van der Waals surface area contributed by atoms with E-state index in [0.717, 1.165) is 10.8 Å². The van der Waals surface area contributed by atoms with Crippen molar-refractivity contribution in [2.45, 2.75) is 14.8 Å². The van der Waals surface area contributed by atoms with Crippen LogP contribution in [0.4, 0.5) is 0 Å². The van der Waals surface area contributed by atoms with Crippen LogP contribution >= 0.6 is 0 Å². The van der Waals surface area contributed by atoms with Gasteiger partial charge in [0.1, 0.15) is 0 Å². The Morgan fingerprint density at radius 1 is 1.13 bits per heavy atom. The molecule has 1 N–H and O–H groups in total. The molecule has 2 rings (SSSR count). The van der Waals surface area contributed by atoms with E-state index in [1.807, 2.05) is 6.07 Å². The molecule has 78 valence electrons. The first-order valence-electron chi connectivity index (χ1n) is 5.10. The molecule has 0 saturated heterocycles. The molecular weight excluding hydrogens is 293 g/mol. The number of rotatable bonds is 1. The van der Waals surface area contributed by atoms with Crippen LogP contribution in [-0.4, -0.2) is 23.4 Å². The van der Waals surface area contributed by atoms with Crippen molar-refractivity contribution in [2.24, 2.45) is 0 Å². The topological polar surface area (TPSA) is 32.9 Å². The van der Waals surface area contributed by atoms with Crippen LogP contribution in [0.15, 0.2) is 35.3 Å². The molecule has 0 radical (unpaired) electrons. The van der Waals surface area contributed by atoms with E-state index >= 15 is 0 Å². The van der Waals surface area contributed by atoms with Crippen molar-refractivity contribution in [2.75, 3.05) is 0 Å². The molecule has 0 saturated carbocycles. The molecule has 0 atom stereocenters. The van der Waals surface area contributed by atoms with Crippen molar-refractivity contribution in [3.05, 3.63) is 40.8 Å². The van der Waals surface area contributed by atoms with Crippen LogP contribution in [-0.2, 0) is 0 Å². The number of fused-ring (bicyclic) bond motifs is 1. The van der Waals surface area contributed by atoms with Gasteiger partial charge in [0.15, 0.2) is 0 Å². The summed E-state index contributed by atoms with van der Waals surface area (Å²) in [4.78, 5) is 21.4. The summed E-state index contributed by atoms with van der Waals surface area (Å²) in [6.45, 7) is 0. The SMILES string of the molecule is [CH3][Sn]([CH3])([CH3])[c]1ccc2cc[nH]c(=O)c2c1. The molecule has 2 nitrogen and oxygen atoms in total. The third-order valence-corrected chi connectivity index (χ3v) is 8.47. The number of aromatic nitrogens is 1. The quantitative estimate of drug-likeness (QED) is 0.804. The van der Waals surface area contributed by atoms with E-state index in [1.165, 1.54) is 3.58 Å². The zero-order valence-electron chi connectivity index (χ0n) is 9.29. The van der Waals surface area contributed by atoms with Gasteiger partial charge in [0.25, 0.3) is 0 Å². The van der Waals surface area contributed by atoms with E-state index in [9.17, 15) is 4.79 Å². The van der Waals surface area contributed by atoms with Crippen molar-refractivity contribution >= 4 is 32.7 Å². The first kappa shape index (κ1) is 10.7. The van der Waals surface area contributed by atoms with Gasteiger partial charge in [-0.1, -0.05) is 0 Å². The Morgan fingerprint density at radius 2 is 1.87 bits per heavy atom. The first-order valence-corrected chi connectivity index (χ1v) is 15.1. The summed E-state index contributed by atoms with van der Waals surface area (Å²) in [5.74, 6) is 0. The van der Waals surface area contributed by atoms with Crippen molar-refractivity contribution < 1.29 is 0 Å². The summed E-state index contributed by atoms with van der Waals surface area (Å²) in [5.41, 5.74) is 0.0184. The summed E-state index contributed by atoms with van der Waals surface area (Å²) in [6, 6.07) is 8.25. The second-order valence-corrected chi connectivity index (χ2v) is 19.4. The molecule has 0 bridgehead atoms. The standard InChI is InChI=1S/C9H6NO.3CH3.Sn/c11-9-8-4-2-1-3-7(8)5-6-10-9;;;;/h1,3-6H,(H,10,11);3*1H3;. The molecule has 1 aromatic heterocycles. The third-order valence-electron chi connectivity index (χ3n) is 2.64. The van der Waals surface area contributed by atoms with Gasteiger partial charge in [-0.3, -0.25) is 0 Å². The minimum absolute atomic E-state index is 0.0184. The van der Waals surface area contributed by atoms with E-state index in [1.54, 1.807) is 6.20 Å². The number of hydrogen-bond donors (Lipinski definition) is 1. The number of hydrogen-bond acceptors (Lipinski definition) is 1. The van der Waals surface area contributed by atoms with Crippen LogP contribution in [0.1, 0.15) is 0 Å². The average Bonchev–Trinajstić information content (AvgIpc) is 2.16. The Labute approximate surface area is 93.2 Å². The van der Waals surface area contributed by atoms with Crippen molar-refractivity contribution in [3.8, 4) is 0 Å². The van der Waals surface area contributed by atoms with Gasteiger partial charge >= 0.3 is 93.3 Å². The van der Waals surface area contributed by atoms with E-state index in [2.05, 4.69) is 38.0 Å². The van der Waals surface area contributed by atoms with Gasteiger partial charge in [0.05, 0.1) is 0 Å². The summed E-state index contributed by atoms with van der Waals surface area (Å²) in [6.07, 6.45) is 1.70. The number of H-pyrrole nitrogens is 1. The van der Waals surface area contributed by atoms with E-state index < -0.39 is 18.4 Å². The van der Waals surface area contributed by atoms with Crippen LogP contribution < -0.4 is 9.14 Å². The Kier molecular flexibility index (Phi) is 2.62. The van der Waals surface area contributed by atoms with Crippen LogP contribution in [0.25, 0.3) is 10.8 Å². The van der Waals surface area contributed by atoms with Gasteiger partial charge in [-0.15, -0.1) is 0 Å². The molecule has 2 aromatic rings. The van der Waals surface area contributed by atoms with Crippen molar-refractivity contribution in [3.63, 3.8) is 0 Å². The van der Waals surface area contributed by atoms with Crippen LogP contribution in [0.3, 0.4) is 0 Å². The first-order chi connectivity index (χ1) is 6.98.